The maximum absolute atomic E-state index is 5.97. The standard InChI is InChI=1S/C12H27N3/c1-10(5-7-14(3)4)15-8-6-12(13)9-11(15)2/h10-12H,5-9,13H2,1-4H3. The Labute approximate surface area is 94.6 Å². The van der Waals surface area contributed by atoms with Crippen LogP contribution in [0.2, 0.25) is 0 Å². The van der Waals surface area contributed by atoms with Crippen LogP contribution < -0.4 is 5.73 Å². The first-order chi connectivity index (χ1) is 7.00. The molecule has 1 aliphatic rings. The number of rotatable bonds is 4. The van der Waals surface area contributed by atoms with Crippen molar-refractivity contribution < 1.29 is 0 Å². The lowest BCUT2D eigenvalue weighted by Gasteiger charge is -2.40. The molecule has 3 heteroatoms. The van der Waals surface area contributed by atoms with Crippen LogP contribution in [-0.2, 0) is 0 Å². The summed E-state index contributed by atoms with van der Waals surface area (Å²) >= 11 is 0. The van der Waals surface area contributed by atoms with E-state index in [9.17, 15) is 0 Å². The van der Waals surface area contributed by atoms with E-state index < -0.39 is 0 Å². The van der Waals surface area contributed by atoms with Crippen molar-refractivity contribution >= 4 is 0 Å². The average Bonchev–Trinajstić information content (AvgIpc) is 2.14. The number of nitrogens with two attached hydrogens (primary N) is 1. The van der Waals surface area contributed by atoms with Crippen molar-refractivity contribution in [1.82, 2.24) is 9.80 Å². The lowest BCUT2D eigenvalue weighted by Crippen LogP contribution is -2.49. The molecule has 0 bridgehead atoms. The van der Waals surface area contributed by atoms with Gasteiger partial charge in [0.25, 0.3) is 0 Å². The highest BCUT2D eigenvalue weighted by molar-refractivity contribution is 4.83. The second kappa shape index (κ2) is 5.83. The van der Waals surface area contributed by atoms with Gasteiger partial charge in [-0.15, -0.1) is 0 Å². The maximum Gasteiger partial charge on any atom is 0.00845 e. The van der Waals surface area contributed by atoms with Crippen LogP contribution >= 0.6 is 0 Å². The zero-order valence-electron chi connectivity index (χ0n) is 10.7. The van der Waals surface area contributed by atoms with Crippen LogP contribution in [0.15, 0.2) is 0 Å². The summed E-state index contributed by atoms with van der Waals surface area (Å²) in [4.78, 5) is 4.88. The molecule has 0 radical (unpaired) electrons. The van der Waals surface area contributed by atoms with Gasteiger partial charge in [0.1, 0.15) is 0 Å². The maximum atomic E-state index is 5.97. The summed E-state index contributed by atoms with van der Waals surface area (Å²) in [6, 6.07) is 1.78. The molecule has 1 rings (SSSR count). The molecule has 0 aromatic rings. The first-order valence-electron chi connectivity index (χ1n) is 6.16. The summed E-state index contributed by atoms with van der Waals surface area (Å²) in [5, 5.41) is 0. The molecular formula is C12H27N3. The van der Waals surface area contributed by atoms with Crippen LogP contribution in [0.5, 0.6) is 0 Å². The summed E-state index contributed by atoms with van der Waals surface area (Å²) in [7, 11) is 4.28. The predicted octanol–water partition coefficient (Wildman–Crippen LogP) is 1.14. The van der Waals surface area contributed by atoms with Gasteiger partial charge in [0, 0.05) is 24.7 Å². The number of hydrogen-bond donors (Lipinski definition) is 1. The molecule has 0 saturated carbocycles. The summed E-state index contributed by atoms with van der Waals surface area (Å²) in [6.07, 6.45) is 3.58. The van der Waals surface area contributed by atoms with Crippen LogP contribution in [0.1, 0.15) is 33.1 Å². The second-order valence-electron chi connectivity index (χ2n) is 5.31. The Bertz CT molecular complexity index is 182. The Morgan fingerprint density at radius 2 is 2.13 bits per heavy atom. The molecule has 0 spiro atoms. The fourth-order valence-corrected chi connectivity index (χ4v) is 2.49. The van der Waals surface area contributed by atoms with E-state index in [-0.39, 0.29) is 0 Å². The lowest BCUT2D eigenvalue weighted by molar-refractivity contribution is 0.0952. The third kappa shape index (κ3) is 4.09. The molecule has 0 aliphatic carbocycles. The van der Waals surface area contributed by atoms with Gasteiger partial charge in [-0.3, -0.25) is 4.90 Å². The molecule has 1 fully saturated rings. The molecule has 0 aromatic carbocycles. The molecule has 0 aromatic heterocycles. The highest BCUT2D eigenvalue weighted by Crippen LogP contribution is 2.19. The van der Waals surface area contributed by atoms with E-state index in [0.717, 1.165) is 12.8 Å². The smallest absolute Gasteiger partial charge is 0.00845 e. The Morgan fingerprint density at radius 3 is 2.67 bits per heavy atom. The van der Waals surface area contributed by atoms with Gasteiger partial charge in [0.2, 0.25) is 0 Å². The quantitative estimate of drug-likeness (QED) is 0.760. The molecule has 3 unspecified atom stereocenters. The van der Waals surface area contributed by atoms with Gasteiger partial charge in [-0.2, -0.15) is 0 Å². The SMILES string of the molecule is CC(CCN(C)C)N1CCC(N)CC1C. The van der Waals surface area contributed by atoms with Crippen molar-refractivity contribution in [2.24, 2.45) is 5.73 Å². The summed E-state index contributed by atoms with van der Waals surface area (Å²) in [5.74, 6) is 0. The molecule has 2 N–H and O–H groups in total. The Balaban J connectivity index is 2.35. The normalized spacial score (nSPS) is 30.8. The first kappa shape index (κ1) is 12.9. The number of nitrogens with zero attached hydrogens (tertiary/aromatic N) is 2. The van der Waals surface area contributed by atoms with Crippen LogP contribution in [0.3, 0.4) is 0 Å². The number of hydrogen-bond acceptors (Lipinski definition) is 3. The third-order valence-corrected chi connectivity index (χ3v) is 3.53. The van der Waals surface area contributed by atoms with Gasteiger partial charge < -0.3 is 10.6 Å². The Hall–Kier alpha value is -0.120. The fraction of sp³-hybridized carbons (Fsp3) is 1.00. The largest absolute Gasteiger partial charge is 0.328 e. The summed E-state index contributed by atoms with van der Waals surface area (Å²) in [6.45, 7) is 7.01. The van der Waals surface area contributed by atoms with Crippen molar-refractivity contribution in [3.8, 4) is 0 Å². The first-order valence-corrected chi connectivity index (χ1v) is 6.16. The van der Waals surface area contributed by atoms with Crippen molar-refractivity contribution in [3.63, 3.8) is 0 Å². The second-order valence-corrected chi connectivity index (χ2v) is 5.31. The molecule has 3 nitrogen and oxygen atoms in total. The van der Waals surface area contributed by atoms with Crippen molar-refractivity contribution in [3.05, 3.63) is 0 Å². The van der Waals surface area contributed by atoms with Crippen molar-refractivity contribution in [1.29, 1.82) is 0 Å². The van der Waals surface area contributed by atoms with E-state index in [1.165, 1.54) is 19.5 Å². The van der Waals surface area contributed by atoms with E-state index in [0.29, 0.717) is 18.1 Å². The lowest BCUT2D eigenvalue weighted by atomic mass is 9.97. The topological polar surface area (TPSA) is 32.5 Å². The number of likely N-dealkylation sites (tertiary alicyclic amines) is 1. The highest BCUT2D eigenvalue weighted by Gasteiger charge is 2.26. The van der Waals surface area contributed by atoms with E-state index in [4.69, 9.17) is 5.73 Å². The van der Waals surface area contributed by atoms with Crippen LogP contribution in [0, 0.1) is 0 Å². The average molecular weight is 213 g/mol. The minimum atomic E-state index is 0.428. The summed E-state index contributed by atoms with van der Waals surface area (Å²) in [5.41, 5.74) is 5.97. The molecule has 1 aliphatic heterocycles. The van der Waals surface area contributed by atoms with Crippen molar-refractivity contribution in [2.75, 3.05) is 27.2 Å². The molecule has 0 amide bonds. The van der Waals surface area contributed by atoms with Crippen LogP contribution in [0.4, 0.5) is 0 Å². The highest BCUT2D eigenvalue weighted by atomic mass is 15.2. The Kier molecular flexibility index (Phi) is 5.03. The monoisotopic (exact) mass is 213 g/mol. The zero-order chi connectivity index (χ0) is 11.4. The molecule has 1 saturated heterocycles. The van der Waals surface area contributed by atoms with E-state index in [1.54, 1.807) is 0 Å². The van der Waals surface area contributed by atoms with Gasteiger partial charge in [-0.05, 0) is 53.8 Å². The third-order valence-electron chi connectivity index (χ3n) is 3.53. The molecule has 1 heterocycles. The molecular weight excluding hydrogens is 186 g/mol. The van der Waals surface area contributed by atoms with Crippen LogP contribution in [-0.4, -0.2) is 55.1 Å². The molecule has 15 heavy (non-hydrogen) atoms. The predicted molar refractivity (Wildman–Crippen MR) is 66.0 cm³/mol. The van der Waals surface area contributed by atoms with Gasteiger partial charge in [-0.25, -0.2) is 0 Å². The van der Waals surface area contributed by atoms with Gasteiger partial charge in [0.15, 0.2) is 0 Å². The minimum absolute atomic E-state index is 0.428. The molecule has 3 atom stereocenters. The van der Waals surface area contributed by atoms with E-state index >= 15 is 0 Å². The Morgan fingerprint density at radius 1 is 1.47 bits per heavy atom. The van der Waals surface area contributed by atoms with Crippen LogP contribution in [0.25, 0.3) is 0 Å². The van der Waals surface area contributed by atoms with E-state index in [2.05, 4.69) is 37.7 Å². The molecule has 90 valence electrons. The fourth-order valence-electron chi connectivity index (χ4n) is 2.49. The summed E-state index contributed by atoms with van der Waals surface area (Å²) < 4.78 is 0. The zero-order valence-corrected chi connectivity index (χ0v) is 10.7. The van der Waals surface area contributed by atoms with Gasteiger partial charge >= 0.3 is 0 Å². The van der Waals surface area contributed by atoms with Gasteiger partial charge in [0.05, 0.1) is 0 Å². The van der Waals surface area contributed by atoms with Crippen molar-refractivity contribution in [2.45, 2.75) is 51.2 Å². The van der Waals surface area contributed by atoms with Gasteiger partial charge in [-0.1, -0.05) is 0 Å². The number of piperidine rings is 1. The van der Waals surface area contributed by atoms with E-state index in [1.807, 2.05) is 0 Å². The minimum Gasteiger partial charge on any atom is -0.328 e.